The molecule has 0 amide bonds. The van der Waals surface area contributed by atoms with Gasteiger partial charge in [0.15, 0.2) is 11.5 Å². The molecule has 0 bridgehead atoms. The van der Waals surface area contributed by atoms with Crippen LogP contribution in [0.3, 0.4) is 0 Å². The number of Topliss-reactive ketones (excluding diaryl/α,β-unsaturated/α-hetero) is 1. The van der Waals surface area contributed by atoms with Gasteiger partial charge in [0.2, 0.25) is 0 Å². The number of carbonyl (C=O) groups excluding carboxylic acids is 2. The molecule has 3 aromatic rings. The van der Waals surface area contributed by atoms with Crippen LogP contribution in [0, 0.1) is 0 Å². The first kappa shape index (κ1) is 21.6. The Labute approximate surface area is 194 Å². The van der Waals surface area contributed by atoms with Gasteiger partial charge in [-0.1, -0.05) is 45.0 Å². The van der Waals surface area contributed by atoms with Crippen LogP contribution in [0.5, 0.6) is 0 Å². The number of fused-ring (bicyclic) bond motifs is 4. The second-order valence-corrected chi connectivity index (χ2v) is 10.4. The maximum Gasteiger partial charge on any atom is 0.338 e. The van der Waals surface area contributed by atoms with E-state index in [4.69, 9.17) is 9.26 Å². The largest absolute Gasteiger partial charge is 0.462 e. The quantitative estimate of drug-likeness (QED) is 0.446. The van der Waals surface area contributed by atoms with Crippen LogP contribution in [-0.4, -0.2) is 23.5 Å². The molecule has 1 aromatic heterocycles. The monoisotopic (exact) mass is 443 g/mol. The molecule has 5 nitrogen and oxygen atoms in total. The first-order valence-electron chi connectivity index (χ1n) is 11.6. The van der Waals surface area contributed by atoms with E-state index in [-0.39, 0.29) is 29.0 Å². The first-order chi connectivity index (χ1) is 15.6. The summed E-state index contributed by atoms with van der Waals surface area (Å²) in [6.07, 6.45) is 2.45. The van der Waals surface area contributed by atoms with Crippen molar-refractivity contribution in [2.24, 2.45) is 0 Å². The maximum atomic E-state index is 13.3. The second-order valence-electron chi connectivity index (χ2n) is 10.4. The number of ether oxygens (including phenoxy) is 1. The van der Waals surface area contributed by atoms with Crippen molar-refractivity contribution in [2.45, 2.75) is 64.7 Å². The molecule has 1 heterocycles. The summed E-state index contributed by atoms with van der Waals surface area (Å²) in [6, 6.07) is 11.3. The summed E-state index contributed by atoms with van der Waals surface area (Å²) in [4.78, 5) is 25.2. The van der Waals surface area contributed by atoms with Gasteiger partial charge in [-0.2, -0.15) is 0 Å². The molecule has 0 fully saturated rings. The molecule has 33 heavy (non-hydrogen) atoms. The Morgan fingerprint density at radius 1 is 1.00 bits per heavy atom. The van der Waals surface area contributed by atoms with Crippen LogP contribution in [0.2, 0.25) is 0 Å². The highest BCUT2D eigenvalue weighted by Gasteiger charge is 2.40. The fourth-order valence-electron chi connectivity index (χ4n) is 5.18. The van der Waals surface area contributed by atoms with E-state index in [1.54, 1.807) is 19.1 Å². The van der Waals surface area contributed by atoms with Crippen molar-refractivity contribution in [3.05, 3.63) is 64.2 Å². The molecule has 0 atom stereocenters. The van der Waals surface area contributed by atoms with E-state index in [9.17, 15) is 9.59 Å². The summed E-state index contributed by atoms with van der Waals surface area (Å²) in [5, 5.41) is 4.41. The third-order valence-electron chi connectivity index (χ3n) is 7.33. The molecular formula is C28H29NO4. The topological polar surface area (TPSA) is 69.4 Å². The number of hydrogen-bond donors (Lipinski definition) is 0. The summed E-state index contributed by atoms with van der Waals surface area (Å²) in [7, 11) is 0. The highest BCUT2D eigenvalue weighted by atomic mass is 16.5. The summed E-state index contributed by atoms with van der Waals surface area (Å²) < 4.78 is 10.8. The molecule has 0 N–H and O–H groups in total. The summed E-state index contributed by atoms with van der Waals surface area (Å²) in [5.74, 6) is 0.312. The predicted octanol–water partition coefficient (Wildman–Crippen LogP) is 6.27. The molecule has 5 heteroatoms. The van der Waals surface area contributed by atoms with Gasteiger partial charge >= 0.3 is 5.97 Å². The summed E-state index contributed by atoms with van der Waals surface area (Å²) in [5.41, 5.74) is 7.06. The zero-order valence-corrected chi connectivity index (χ0v) is 19.9. The Hall–Kier alpha value is -3.21. The number of aromatic nitrogens is 1. The highest BCUT2D eigenvalue weighted by molar-refractivity contribution is 6.08. The van der Waals surface area contributed by atoms with Crippen LogP contribution in [0.4, 0.5) is 0 Å². The number of benzene rings is 2. The van der Waals surface area contributed by atoms with Crippen molar-refractivity contribution in [3.63, 3.8) is 0 Å². The van der Waals surface area contributed by atoms with Crippen LogP contribution in [0.15, 0.2) is 40.9 Å². The van der Waals surface area contributed by atoms with Gasteiger partial charge < -0.3 is 9.26 Å². The molecular weight excluding hydrogens is 414 g/mol. The fourth-order valence-corrected chi connectivity index (χ4v) is 5.18. The number of rotatable bonds is 3. The lowest BCUT2D eigenvalue weighted by Crippen LogP contribution is -2.34. The van der Waals surface area contributed by atoms with Gasteiger partial charge in [0.1, 0.15) is 5.69 Å². The van der Waals surface area contributed by atoms with E-state index in [1.807, 2.05) is 12.1 Å². The van der Waals surface area contributed by atoms with Crippen molar-refractivity contribution in [1.29, 1.82) is 0 Å². The maximum absolute atomic E-state index is 13.3. The Morgan fingerprint density at radius 3 is 2.21 bits per heavy atom. The highest BCUT2D eigenvalue weighted by Crippen LogP contribution is 2.49. The minimum Gasteiger partial charge on any atom is -0.462 e. The lowest BCUT2D eigenvalue weighted by molar-refractivity contribution is 0.0526. The molecule has 0 spiro atoms. The van der Waals surface area contributed by atoms with E-state index in [0.29, 0.717) is 17.9 Å². The van der Waals surface area contributed by atoms with Gasteiger partial charge in [0.05, 0.1) is 12.2 Å². The summed E-state index contributed by atoms with van der Waals surface area (Å²) in [6.45, 7) is 11.2. The van der Waals surface area contributed by atoms with E-state index in [0.717, 1.165) is 40.8 Å². The van der Waals surface area contributed by atoms with Crippen LogP contribution in [0.25, 0.3) is 22.6 Å². The molecule has 2 aromatic carbocycles. The van der Waals surface area contributed by atoms with Gasteiger partial charge in [-0.05, 0) is 66.0 Å². The molecule has 170 valence electrons. The van der Waals surface area contributed by atoms with Gasteiger partial charge in [0.25, 0.3) is 0 Å². The average Bonchev–Trinajstić information content (AvgIpc) is 3.20. The molecule has 5 rings (SSSR count). The average molecular weight is 444 g/mol. The Bertz CT molecular complexity index is 1280. The van der Waals surface area contributed by atoms with Crippen LogP contribution in [0.1, 0.15) is 84.9 Å². The van der Waals surface area contributed by atoms with E-state index in [1.165, 1.54) is 11.1 Å². The lowest BCUT2D eigenvalue weighted by Gasteiger charge is -2.42. The van der Waals surface area contributed by atoms with E-state index >= 15 is 0 Å². The lowest BCUT2D eigenvalue weighted by atomic mass is 9.62. The van der Waals surface area contributed by atoms with E-state index < -0.39 is 0 Å². The van der Waals surface area contributed by atoms with Crippen molar-refractivity contribution < 1.29 is 18.8 Å². The minimum atomic E-state index is -0.358. The number of ketones is 1. The van der Waals surface area contributed by atoms with Gasteiger partial charge in [-0.25, -0.2) is 4.79 Å². The van der Waals surface area contributed by atoms with Gasteiger partial charge in [-0.3, -0.25) is 4.79 Å². The van der Waals surface area contributed by atoms with Crippen molar-refractivity contribution in [2.75, 3.05) is 6.61 Å². The molecule has 0 aliphatic heterocycles. The van der Waals surface area contributed by atoms with Crippen LogP contribution in [-0.2, 0) is 22.0 Å². The zero-order chi connectivity index (χ0) is 23.5. The van der Waals surface area contributed by atoms with Crippen molar-refractivity contribution in [3.8, 4) is 22.6 Å². The molecule has 0 unspecified atom stereocenters. The third-order valence-corrected chi connectivity index (χ3v) is 7.33. The van der Waals surface area contributed by atoms with Crippen LogP contribution < -0.4 is 0 Å². The van der Waals surface area contributed by atoms with Crippen molar-refractivity contribution >= 4 is 11.8 Å². The first-order valence-corrected chi connectivity index (χ1v) is 11.6. The molecule has 0 saturated carbocycles. The molecule has 2 aliphatic carbocycles. The van der Waals surface area contributed by atoms with Gasteiger partial charge in [0, 0.05) is 28.7 Å². The standard InChI is InChI=1S/C28H29NO4/c1-6-32-26(31)17-9-7-16(8-10-17)25-20-15-23(30)18-13-21-22(14-19(18)24(20)29-33-25)28(4,5)12-11-27(21,2)3/h7-10,13-14H,6,11-12,15H2,1-5H3. The number of esters is 1. The second kappa shape index (κ2) is 7.41. The Morgan fingerprint density at radius 2 is 1.61 bits per heavy atom. The number of nitrogens with zero attached hydrogens (tertiary/aromatic N) is 1. The Kier molecular flexibility index (Phi) is 4.85. The van der Waals surface area contributed by atoms with E-state index in [2.05, 4.69) is 45.0 Å². The number of carbonyl (C=O) groups is 2. The van der Waals surface area contributed by atoms with Crippen LogP contribution >= 0.6 is 0 Å². The smallest absolute Gasteiger partial charge is 0.338 e. The van der Waals surface area contributed by atoms with Crippen molar-refractivity contribution in [1.82, 2.24) is 5.16 Å². The third kappa shape index (κ3) is 3.41. The minimum absolute atomic E-state index is 0.0377. The molecule has 0 saturated heterocycles. The van der Waals surface area contributed by atoms with Gasteiger partial charge in [-0.15, -0.1) is 0 Å². The molecule has 2 aliphatic rings. The fraction of sp³-hybridized carbons (Fsp3) is 0.393. The number of hydrogen-bond acceptors (Lipinski definition) is 5. The predicted molar refractivity (Wildman–Crippen MR) is 127 cm³/mol. The normalized spacial score (nSPS) is 17.7. The summed E-state index contributed by atoms with van der Waals surface area (Å²) >= 11 is 0. The SMILES string of the molecule is CCOC(=O)c1ccc(-c2onc3c2CC(=O)c2cc4c(cc2-3)C(C)(C)CCC4(C)C)cc1. The Balaban J connectivity index is 1.61. The zero-order valence-electron chi connectivity index (χ0n) is 19.9. The molecule has 0 radical (unpaired) electrons.